The predicted octanol–water partition coefficient (Wildman–Crippen LogP) is 1.52. The topological polar surface area (TPSA) is 57.5 Å². The van der Waals surface area contributed by atoms with Gasteiger partial charge < -0.3 is 27.5 Å². The van der Waals surface area contributed by atoms with E-state index in [-0.39, 0.29) is 0 Å². The maximum absolute atomic E-state index is 9.75. The number of carboxylic acid groups (broad SMARTS) is 2. The third-order valence-corrected chi connectivity index (χ3v) is 0. The Bertz CT molecular complexity index is 78.3. The second kappa shape index (κ2) is 3.99. The normalized spacial score (nSPS) is 9.33. The molecule has 0 saturated heterocycles. The molecule has 0 atom stereocenters. The van der Waals surface area contributed by atoms with Gasteiger partial charge in [-0.05, 0) is 0 Å². The minimum Gasteiger partial charge on any atom is -0.450 e. The molecular weight excluding hydrogens is 147 g/mol. The Kier molecular flexibility index (Phi) is 4.84. The summed E-state index contributed by atoms with van der Waals surface area (Å²) in [6, 6.07) is 0. The molecule has 0 fully saturated rings. The van der Waals surface area contributed by atoms with Crippen molar-refractivity contribution in [3.8, 4) is 0 Å². The number of carbonyl (C=O) groups is 1. The lowest BCUT2D eigenvalue weighted by atomic mass is 10.3. The molecule has 0 aromatic rings. The van der Waals surface area contributed by atoms with Crippen molar-refractivity contribution in [1.82, 2.24) is 0 Å². The predicted molar refractivity (Wildman–Crippen MR) is 20.8 cm³/mol. The first-order chi connectivity index (χ1) is 3.73. The molecule has 56 valence electrons. The summed E-state index contributed by atoms with van der Waals surface area (Å²) in [4.78, 5) is 8.56. The largest absolute Gasteiger partial charge is 0.673 e. The van der Waals surface area contributed by atoms with Crippen molar-refractivity contribution >= 4 is 13.4 Å². The summed E-state index contributed by atoms with van der Waals surface area (Å²) < 4.78 is 39.0. The van der Waals surface area contributed by atoms with Gasteiger partial charge in [-0.25, -0.2) is 4.79 Å². The molecule has 0 aromatic carbocycles. The summed E-state index contributed by atoms with van der Waals surface area (Å²) in [5.74, 6) is 0. The Labute approximate surface area is 47.0 Å². The van der Waals surface area contributed by atoms with Gasteiger partial charge in [0.2, 0.25) is 0 Å². The van der Waals surface area contributed by atoms with Gasteiger partial charge in [-0.3, -0.25) is 0 Å². The van der Waals surface area contributed by atoms with Crippen LogP contribution in [0.2, 0.25) is 0 Å². The summed E-state index contributed by atoms with van der Waals surface area (Å²) in [6.45, 7) is 0. The summed E-state index contributed by atoms with van der Waals surface area (Å²) in [5, 5.41) is 13.9. The van der Waals surface area contributed by atoms with E-state index in [0.29, 0.717) is 0 Å². The van der Waals surface area contributed by atoms with Crippen molar-refractivity contribution < 1.29 is 32.3 Å². The standard InChI is InChI=1S/CH2O3.BF4/c2-1(3)4;2-1(3,4)5/h(H2,2,3,4);/q;-1. The molecule has 0 heterocycles. The number of hydrogen-bond acceptors (Lipinski definition) is 1. The van der Waals surface area contributed by atoms with E-state index in [1.165, 1.54) is 0 Å². The van der Waals surface area contributed by atoms with Crippen molar-refractivity contribution in [3.63, 3.8) is 0 Å². The Morgan fingerprint density at radius 2 is 1.11 bits per heavy atom. The fourth-order valence-electron chi connectivity index (χ4n) is 0. The quantitative estimate of drug-likeness (QED) is 0.405. The molecule has 0 radical (unpaired) electrons. The summed E-state index contributed by atoms with van der Waals surface area (Å²) >= 11 is 0. The lowest BCUT2D eigenvalue weighted by Crippen LogP contribution is -2.02. The second-order valence-electron chi connectivity index (χ2n) is 0.777. The van der Waals surface area contributed by atoms with E-state index in [1.54, 1.807) is 0 Å². The van der Waals surface area contributed by atoms with Crippen LogP contribution < -0.4 is 0 Å². The molecule has 0 rings (SSSR count). The summed E-state index contributed by atoms with van der Waals surface area (Å²) in [5.41, 5.74) is 0. The third kappa shape index (κ3) is 202. The molecule has 3 nitrogen and oxygen atoms in total. The first-order valence-corrected chi connectivity index (χ1v) is 1.52. The van der Waals surface area contributed by atoms with Gasteiger partial charge in [-0.1, -0.05) is 0 Å². The Morgan fingerprint density at radius 1 is 1.11 bits per heavy atom. The van der Waals surface area contributed by atoms with E-state index >= 15 is 0 Å². The average Bonchev–Trinajstić information content (AvgIpc) is 1.19. The van der Waals surface area contributed by atoms with Crippen LogP contribution in [-0.2, 0) is 0 Å². The molecule has 8 heteroatoms. The van der Waals surface area contributed by atoms with Crippen LogP contribution in [0.4, 0.5) is 22.1 Å². The fraction of sp³-hybridized carbons (Fsp3) is 0. The molecule has 2 N–H and O–H groups in total. The van der Waals surface area contributed by atoms with Crippen molar-refractivity contribution in [2.24, 2.45) is 0 Å². The summed E-state index contributed by atoms with van der Waals surface area (Å²) in [6.07, 6.45) is -1.83. The average molecular weight is 149 g/mol. The first kappa shape index (κ1) is 10.9. The first-order valence-electron chi connectivity index (χ1n) is 1.52. The van der Waals surface area contributed by atoms with Crippen LogP contribution in [0.1, 0.15) is 0 Å². The highest BCUT2D eigenvalue weighted by atomic mass is 19.5. The van der Waals surface area contributed by atoms with E-state index in [4.69, 9.17) is 15.0 Å². The lowest BCUT2D eigenvalue weighted by Gasteiger charge is -1.94. The van der Waals surface area contributed by atoms with Crippen LogP contribution in [0.3, 0.4) is 0 Å². The van der Waals surface area contributed by atoms with Gasteiger partial charge in [0, 0.05) is 0 Å². The van der Waals surface area contributed by atoms with E-state index in [9.17, 15) is 17.3 Å². The second-order valence-corrected chi connectivity index (χ2v) is 0.777. The van der Waals surface area contributed by atoms with Gasteiger partial charge in [0.15, 0.2) is 0 Å². The maximum Gasteiger partial charge on any atom is 0.673 e. The Morgan fingerprint density at radius 3 is 1.11 bits per heavy atom. The highest BCUT2D eigenvalue weighted by molar-refractivity contribution is 6.50. The molecule has 0 bridgehead atoms. The zero-order valence-corrected chi connectivity index (χ0v) is 3.89. The van der Waals surface area contributed by atoms with Crippen molar-refractivity contribution in [2.45, 2.75) is 0 Å². The van der Waals surface area contributed by atoms with Gasteiger partial charge in [0.05, 0.1) is 0 Å². The number of hydrogen-bond donors (Lipinski definition) is 2. The smallest absolute Gasteiger partial charge is 0.450 e. The third-order valence-electron chi connectivity index (χ3n) is 0. The molecule has 0 amide bonds. The SMILES string of the molecule is F[B-](F)(F)F.O=C(O)O. The van der Waals surface area contributed by atoms with Crippen molar-refractivity contribution in [3.05, 3.63) is 0 Å². The van der Waals surface area contributed by atoms with E-state index in [1.807, 2.05) is 0 Å². The van der Waals surface area contributed by atoms with E-state index < -0.39 is 13.4 Å². The number of halogens is 4. The van der Waals surface area contributed by atoms with Crippen LogP contribution in [-0.4, -0.2) is 23.6 Å². The van der Waals surface area contributed by atoms with Crippen molar-refractivity contribution in [2.75, 3.05) is 0 Å². The molecule has 0 aliphatic heterocycles. The highest BCUT2D eigenvalue weighted by Gasteiger charge is 2.20. The molecule has 0 aliphatic rings. The minimum absolute atomic E-state index is 1.83. The monoisotopic (exact) mass is 149 g/mol. The van der Waals surface area contributed by atoms with Gasteiger partial charge in [0.25, 0.3) is 0 Å². The lowest BCUT2D eigenvalue weighted by molar-refractivity contribution is 0.137. The zero-order valence-electron chi connectivity index (χ0n) is 3.89. The van der Waals surface area contributed by atoms with Crippen LogP contribution in [0.25, 0.3) is 0 Å². The molecule has 0 spiro atoms. The highest BCUT2D eigenvalue weighted by Crippen LogP contribution is 2.06. The van der Waals surface area contributed by atoms with Crippen LogP contribution in [0.5, 0.6) is 0 Å². The zero-order chi connectivity index (χ0) is 8.08. The molecule has 0 saturated carbocycles. The van der Waals surface area contributed by atoms with Gasteiger partial charge in [0.1, 0.15) is 0 Å². The van der Waals surface area contributed by atoms with E-state index in [0.717, 1.165) is 0 Å². The maximum atomic E-state index is 9.75. The molecule has 9 heavy (non-hydrogen) atoms. The fourth-order valence-corrected chi connectivity index (χ4v) is 0. The van der Waals surface area contributed by atoms with E-state index in [2.05, 4.69) is 0 Å². The van der Waals surface area contributed by atoms with Crippen LogP contribution in [0.15, 0.2) is 0 Å². The Balaban J connectivity index is 0. The molecule has 0 aliphatic carbocycles. The molecule has 0 aromatic heterocycles. The Hall–Kier alpha value is -0.945. The van der Waals surface area contributed by atoms with Crippen molar-refractivity contribution in [1.29, 1.82) is 0 Å². The molecule has 0 unspecified atom stereocenters. The summed E-state index contributed by atoms with van der Waals surface area (Å²) in [7, 11) is -6.00. The molecular formula is CH2BF4O3-. The minimum atomic E-state index is -6.00. The van der Waals surface area contributed by atoms with Crippen LogP contribution in [0, 0.1) is 0 Å². The van der Waals surface area contributed by atoms with Gasteiger partial charge >= 0.3 is 13.4 Å². The van der Waals surface area contributed by atoms with Crippen LogP contribution >= 0.6 is 0 Å². The number of rotatable bonds is 0. The van der Waals surface area contributed by atoms with Gasteiger partial charge in [-0.15, -0.1) is 0 Å². The van der Waals surface area contributed by atoms with Gasteiger partial charge in [-0.2, -0.15) is 0 Å².